The monoisotopic (exact) mass is 277 g/mol. The molecule has 112 valence electrons. The van der Waals surface area contributed by atoms with Crippen LogP contribution in [0.4, 0.5) is 0 Å². The first-order valence-electron chi connectivity index (χ1n) is 7.65. The maximum absolute atomic E-state index is 5.79. The summed E-state index contributed by atoms with van der Waals surface area (Å²) in [6.07, 6.45) is 5.85. The van der Waals surface area contributed by atoms with Crippen molar-refractivity contribution in [1.29, 1.82) is 0 Å². The predicted octanol–water partition coefficient (Wildman–Crippen LogP) is 3.70. The van der Waals surface area contributed by atoms with E-state index in [0.29, 0.717) is 6.04 Å². The fourth-order valence-corrected chi connectivity index (χ4v) is 2.90. The van der Waals surface area contributed by atoms with Crippen LogP contribution in [0.2, 0.25) is 0 Å². The Labute approximate surface area is 122 Å². The highest BCUT2D eigenvalue weighted by Gasteiger charge is 2.39. The average Bonchev–Trinajstić information content (AvgIpc) is 2.46. The van der Waals surface area contributed by atoms with Crippen LogP contribution in [-0.4, -0.2) is 26.4 Å². The van der Waals surface area contributed by atoms with E-state index >= 15 is 0 Å². The summed E-state index contributed by atoms with van der Waals surface area (Å²) >= 11 is 0. The topological polar surface area (TPSA) is 30.5 Å². The Balaban J connectivity index is 2.08. The fourth-order valence-electron chi connectivity index (χ4n) is 2.90. The standard InChI is InChI=1S/C17H27NO2/c1-4-12-18-16(13-17(20-3)10-5-11-17)14-6-8-15(19-2)9-7-14/h6-9,16,18H,4-5,10-13H2,1-3H3. The Morgan fingerprint density at radius 3 is 2.35 bits per heavy atom. The molecule has 1 fully saturated rings. The number of rotatable bonds is 8. The maximum atomic E-state index is 5.79. The van der Waals surface area contributed by atoms with E-state index in [2.05, 4.69) is 24.4 Å². The molecular weight excluding hydrogens is 250 g/mol. The van der Waals surface area contributed by atoms with Crippen molar-refractivity contribution in [2.75, 3.05) is 20.8 Å². The molecule has 0 spiro atoms. The number of benzene rings is 1. The zero-order valence-electron chi connectivity index (χ0n) is 12.9. The summed E-state index contributed by atoms with van der Waals surface area (Å²) in [6, 6.07) is 8.76. The molecule has 1 aromatic rings. The Kier molecular flexibility index (Phi) is 5.44. The van der Waals surface area contributed by atoms with Gasteiger partial charge in [0.05, 0.1) is 12.7 Å². The van der Waals surface area contributed by atoms with E-state index in [1.807, 2.05) is 19.2 Å². The highest BCUT2D eigenvalue weighted by atomic mass is 16.5. The minimum atomic E-state index is 0.0886. The zero-order valence-corrected chi connectivity index (χ0v) is 12.9. The van der Waals surface area contributed by atoms with Crippen LogP contribution in [-0.2, 0) is 4.74 Å². The van der Waals surface area contributed by atoms with E-state index in [0.717, 1.165) is 25.1 Å². The average molecular weight is 277 g/mol. The van der Waals surface area contributed by atoms with Crippen molar-refractivity contribution < 1.29 is 9.47 Å². The van der Waals surface area contributed by atoms with E-state index in [1.54, 1.807) is 7.11 Å². The van der Waals surface area contributed by atoms with E-state index < -0.39 is 0 Å². The zero-order chi connectivity index (χ0) is 14.4. The SMILES string of the molecule is CCCNC(CC1(OC)CCC1)c1ccc(OC)cc1. The summed E-state index contributed by atoms with van der Waals surface area (Å²) in [6.45, 7) is 3.24. The maximum Gasteiger partial charge on any atom is 0.118 e. The molecule has 0 amide bonds. The highest BCUT2D eigenvalue weighted by molar-refractivity contribution is 5.29. The molecule has 3 heteroatoms. The first-order valence-corrected chi connectivity index (χ1v) is 7.65. The molecule has 1 atom stereocenters. The lowest BCUT2D eigenvalue weighted by molar-refractivity contribution is -0.0838. The molecule has 1 unspecified atom stereocenters. The lowest BCUT2D eigenvalue weighted by atomic mass is 9.74. The normalized spacial score (nSPS) is 18.4. The largest absolute Gasteiger partial charge is 0.497 e. The molecule has 0 aromatic heterocycles. The smallest absolute Gasteiger partial charge is 0.118 e. The molecule has 0 heterocycles. The van der Waals surface area contributed by atoms with Crippen LogP contribution >= 0.6 is 0 Å². The Hall–Kier alpha value is -1.06. The van der Waals surface area contributed by atoms with Crippen LogP contribution in [0.15, 0.2) is 24.3 Å². The van der Waals surface area contributed by atoms with Gasteiger partial charge in [0.2, 0.25) is 0 Å². The van der Waals surface area contributed by atoms with Gasteiger partial charge in [0, 0.05) is 13.2 Å². The van der Waals surface area contributed by atoms with Crippen LogP contribution in [0.25, 0.3) is 0 Å². The lowest BCUT2D eigenvalue weighted by Gasteiger charge is -2.43. The van der Waals surface area contributed by atoms with Crippen molar-refractivity contribution in [2.24, 2.45) is 0 Å². The predicted molar refractivity (Wildman–Crippen MR) is 82.2 cm³/mol. The molecule has 1 aromatic carbocycles. The molecule has 0 bridgehead atoms. The van der Waals surface area contributed by atoms with Gasteiger partial charge in [-0.1, -0.05) is 19.1 Å². The molecule has 2 rings (SSSR count). The Morgan fingerprint density at radius 2 is 1.90 bits per heavy atom. The number of ether oxygens (including phenoxy) is 2. The molecule has 0 radical (unpaired) electrons. The quantitative estimate of drug-likeness (QED) is 0.786. The van der Waals surface area contributed by atoms with Crippen LogP contribution in [0.3, 0.4) is 0 Å². The summed E-state index contributed by atoms with van der Waals surface area (Å²) in [7, 11) is 3.56. The molecule has 0 saturated heterocycles. The molecule has 1 saturated carbocycles. The number of hydrogen-bond donors (Lipinski definition) is 1. The van der Waals surface area contributed by atoms with Gasteiger partial charge in [-0.2, -0.15) is 0 Å². The van der Waals surface area contributed by atoms with Gasteiger partial charge in [-0.25, -0.2) is 0 Å². The molecule has 3 nitrogen and oxygen atoms in total. The molecular formula is C17H27NO2. The summed E-state index contributed by atoms with van der Waals surface area (Å²) in [5.41, 5.74) is 1.41. The van der Waals surface area contributed by atoms with E-state index in [1.165, 1.54) is 24.8 Å². The minimum Gasteiger partial charge on any atom is -0.497 e. The fraction of sp³-hybridized carbons (Fsp3) is 0.647. The second kappa shape index (κ2) is 7.09. The third kappa shape index (κ3) is 3.53. The Morgan fingerprint density at radius 1 is 1.20 bits per heavy atom. The van der Waals surface area contributed by atoms with E-state index in [9.17, 15) is 0 Å². The summed E-state index contributed by atoms with van der Waals surface area (Å²) < 4.78 is 11.0. The lowest BCUT2D eigenvalue weighted by Crippen LogP contribution is -2.43. The van der Waals surface area contributed by atoms with Gasteiger partial charge in [-0.15, -0.1) is 0 Å². The van der Waals surface area contributed by atoms with Crippen molar-refractivity contribution in [3.05, 3.63) is 29.8 Å². The van der Waals surface area contributed by atoms with Crippen molar-refractivity contribution in [3.8, 4) is 5.75 Å². The van der Waals surface area contributed by atoms with Gasteiger partial charge in [0.25, 0.3) is 0 Å². The summed E-state index contributed by atoms with van der Waals surface area (Å²) in [5, 5.41) is 3.66. The number of methoxy groups -OCH3 is 2. The molecule has 1 N–H and O–H groups in total. The van der Waals surface area contributed by atoms with Gasteiger partial charge < -0.3 is 14.8 Å². The molecule has 1 aliphatic rings. The third-order valence-corrected chi connectivity index (χ3v) is 4.43. The van der Waals surface area contributed by atoms with E-state index in [4.69, 9.17) is 9.47 Å². The van der Waals surface area contributed by atoms with Crippen LogP contribution in [0, 0.1) is 0 Å². The van der Waals surface area contributed by atoms with Gasteiger partial charge in [-0.05, 0) is 56.3 Å². The number of nitrogens with one attached hydrogen (secondary N) is 1. The van der Waals surface area contributed by atoms with Crippen LogP contribution in [0.1, 0.15) is 50.6 Å². The van der Waals surface area contributed by atoms with Gasteiger partial charge >= 0.3 is 0 Å². The number of hydrogen-bond acceptors (Lipinski definition) is 3. The second-order valence-corrected chi connectivity index (χ2v) is 5.72. The van der Waals surface area contributed by atoms with Gasteiger partial charge in [0.1, 0.15) is 5.75 Å². The van der Waals surface area contributed by atoms with Crippen molar-refractivity contribution in [3.63, 3.8) is 0 Å². The van der Waals surface area contributed by atoms with Gasteiger partial charge in [0.15, 0.2) is 0 Å². The highest BCUT2D eigenvalue weighted by Crippen LogP contribution is 2.42. The third-order valence-electron chi connectivity index (χ3n) is 4.43. The summed E-state index contributed by atoms with van der Waals surface area (Å²) in [4.78, 5) is 0. The second-order valence-electron chi connectivity index (χ2n) is 5.72. The van der Waals surface area contributed by atoms with Crippen LogP contribution in [0.5, 0.6) is 5.75 Å². The Bertz CT molecular complexity index is 392. The summed E-state index contributed by atoms with van der Waals surface area (Å²) in [5.74, 6) is 0.910. The van der Waals surface area contributed by atoms with Crippen LogP contribution < -0.4 is 10.1 Å². The molecule has 20 heavy (non-hydrogen) atoms. The minimum absolute atomic E-state index is 0.0886. The first-order chi connectivity index (χ1) is 9.73. The van der Waals surface area contributed by atoms with Crippen molar-refractivity contribution in [1.82, 2.24) is 5.32 Å². The van der Waals surface area contributed by atoms with E-state index in [-0.39, 0.29) is 5.60 Å². The molecule has 1 aliphatic carbocycles. The van der Waals surface area contributed by atoms with Crippen molar-refractivity contribution >= 4 is 0 Å². The van der Waals surface area contributed by atoms with Gasteiger partial charge in [-0.3, -0.25) is 0 Å². The molecule has 0 aliphatic heterocycles. The first kappa shape index (κ1) is 15.3. The van der Waals surface area contributed by atoms with Crippen molar-refractivity contribution in [2.45, 2.75) is 50.7 Å².